The van der Waals surface area contributed by atoms with E-state index in [1.54, 1.807) is 26.8 Å². The molecule has 0 aliphatic carbocycles. The van der Waals surface area contributed by atoms with Gasteiger partial charge in [0.25, 0.3) is 0 Å². The number of amides is 1. The highest BCUT2D eigenvalue weighted by molar-refractivity contribution is 5.68. The van der Waals surface area contributed by atoms with Crippen LogP contribution in [0.1, 0.15) is 59.8 Å². The van der Waals surface area contributed by atoms with Crippen LogP contribution in [-0.4, -0.2) is 16.7 Å². The highest BCUT2D eigenvalue weighted by atomic mass is 16.6. The van der Waals surface area contributed by atoms with E-state index in [-0.39, 0.29) is 0 Å². The van der Waals surface area contributed by atoms with Crippen molar-refractivity contribution in [3.8, 4) is 0 Å². The molecule has 0 aromatic heterocycles. The minimum absolute atomic E-state index is 0.530. The van der Waals surface area contributed by atoms with E-state index in [0.29, 0.717) is 0 Å². The maximum Gasteiger partial charge on any atom is 0.428 e. The molecule has 0 rings (SSSR count). The predicted octanol–water partition coefficient (Wildman–Crippen LogP) is 4.14. The fourth-order valence-corrected chi connectivity index (χ4v) is 1.38. The van der Waals surface area contributed by atoms with Gasteiger partial charge in [0.15, 0.2) is 0 Å². The van der Waals surface area contributed by atoms with E-state index in [2.05, 4.69) is 13.0 Å². The number of rotatable bonds is 7. The second-order valence-electron chi connectivity index (χ2n) is 5.51. The molecule has 0 unspecified atom stereocenters. The standard InChI is InChI=1S/C15H28N2O2/c1-5-6-7-8-9-10-11-12-13-17(16)14(18)19-15(2,3)4/h10-13H,5-9,16H2,1-4H3/b11-10+,13-12+. The van der Waals surface area contributed by atoms with E-state index < -0.39 is 11.7 Å². The van der Waals surface area contributed by atoms with Gasteiger partial charge in [-0.3, -0.25) is 0 Å². The highest BCUT2D eigenvalue weighted by Gasteiger charge is 2.18. The molecule has 19 heavy (non-hydrogen) atoms. The number of nitrogens with zero attached hydrogens (tertiary/aromatic N) is 1. The van der Waals surface area contributed by atoms with Crippen LogP contribution in [0, 0.1) is 0 Å². The van der Waals surface area contributed by atoms with Crippen molar-refractivity contribution in [2.75, 3.05) is 0 Å². The Bertz CT molecular complexity index is 304. The number of ether oxygens (including phenoxy) is 1. The van der Waals surface area contributed by atoms with Gasteiger partial charge in [-0.1, -0.05) is 38.3 Å². The van der Waals surface area contributed by atoms with Crippen molar-refractivity contribution in [2.45, 2.75) is 65.4 Å². The number of carbonyl (C=O) groups excluding carboxylic acids is 1. The maximum absolute atomic E-state index is 11.5. The fourth-order valence-electron chi connectivity index (χ4n) is 1.38. The molecule has 0 radical (unpaired) electrons. The monoisotopic (exact) mass is 268 g/mol. The van der Waals surface area contributed by atoms with Gasteiger partial charge in [-0.15, -0.1) is 0 Å². The number of hydrogen-bond acceptors (Lipinski definition) is 3. The quantitative estimate of drug-likeness (QED) is 0.248. The zero-order chi connectivity index (χ0) is 14.7. The summed E-state index contributed by atoms with van der Waals surface area (Å²) in [5.74, 6) is 5.54. The maximum atomic E-state index is 11.5. The molecule has 0 aliphatic heterocycles. The van der Waals surface area contributed by atoms with Gasteiger partial charge in [-0.25, -0.2) is 15.6 Å². The summed E-state index contributed by atoms with van der Waals surface area (Å²) in [7, 11) is 0. The van der Waals surface area contributed by atoms with Gasteiger partial charge in [-0.2, -0.15) is 0 Å². The molecule has 4 heteroatoms. The Hall–Kier alpha value is -1.29. The Morgan fingerprint density at radius 2 is 1.89 bits per heavy atom. The van der Waals surface area contributed by atoms with Crippen molar-refractivity contribution in [2.24, 2.45) is 5.84 Å². The zero-order valence-electron chi connectivity index (χ0n) is 12.7. The normalized spacial score (nSPS) is 12.3. The first-order valence-corrected chi connectivity index (χ1v) is 6.97. The molecule has 0 fully saturated rings. The average molecular weight is 268 g/mol. The Labute approximate surface area is 117 Å². The number of nitrogens with two attached hydrogens (primary N) is 1. The molecule has 0 atom stereocenters. The van der Waals surface area contributed by atoms with Gasteiger partial charge in [0, 0.05) is 6.20 Å². The Balaban J connectivity index is 3.86. The molecular weight excluding hydrogens is 240 g/mol. The largest absolute Gasteiger partial charge is 0.443 e. The van der Waals surface area contributed by atoms with Crippen LogP contribution < -0.4 is 5.84 Å². The van der Waals surface area contributed by atoms with Crippen LogP contribution in [0.15, 0.2) is 24.4 Å². The van der Waals surface area contributed by atoms with Gasteiger partial charge in [0.2, 0.25) is 0 Å². The molecule has 0 saturated heterocycles. The smallest absolute Gasteiger partial charge is 0.428 e. The molecular formula is C15H28N2O2. The van der Waals surface area contributed by atoms with Gasteiger partial charge in [0.1, 0.15) is 5.60 Å². The average Bonchev–Trinajstić information content (AvgIpc) is 2.30. The van der Waals surface area contributed by atoms with E-state index in [0.717, 1.165) is 11.4 Å². The number of allylic oxidation sites excluding steroid dienone is 3. The minimum atomic E-state index is -0.555. The minimum Gasteiger partial charge on any atom is -0.443 e. The highest BCUT2D eigenvalue weighted by Crippen LogP contribution is 2.08. The van der Waals surface area contributed by atoms with Crippen molar-refractivity contribution in [3.05, 3.63) is 24.4 Å². The van der Waals surface area contributed by atoms with Crippen molar-refractivity contribution in [1.82, 2.24) is 5.01 Å². The van der Waals surface area contributed by atoms with Crippen LogP contribution in [0.5, 0.6) is 0 Å². The molecule has 0 saturated carbocycles. The molecule has 0 aliphatic rings. The number of hydrogen-bond donors (Lipinski definition) is 1. The molecule has 0 spiro atoms. The number of unbranched alkanes of at least 4 members (excludes halogenated alkanes) is 4. The van der Waals surface area contributed by atoms with Crippen LogP contribution in [0.4, 0.5) is 4.79 Å². The summed E-state index contributed by atoms with van der Waals surface area (Å²) in [4.78, 5) is 11.5. The van der Waals surface area contributed by atoms with E-state index in [9.17, 15) is 4.79 Å². The molecule has 4 nitrogen and oxygen atoms in total. The fraction of sp³-hybridized carbons (Fsp3) is 0.667. The lowest BCUT2D eigenvalue weighted by Crippen LogP contribution is -2.37. The van der Waals surface area contributed by atoms with Crippen molar-refractivity contribution < 1.29 is 9.53 Å². The summed E-state index contributed by atoms with van der Waals surface area (Å²) >= 11 is 0. The lowest BCUT2D eigenvalue weighted by Gasteiger charge is -2.22. The van der Waals surface area contributed by atoms with Crippen molar-refractivity contribution in [3.63, 3.8) is 0 Å². The third-order valence-corrected chi connectivity index (χ3v) is 2.32. The molecule has 0 aromatic carbocycles. The van der Waals surface area contributed by atoms with Crippen LogP contribution in [0.2, 0.25) is 0 Å². The first-order chi connectivity index (χ1) is 8.87. The van der Waals surface area contributed by atoms with Crippen molar-refractivity contribution in [1.29, 1.82) is 0 Å². The third kappa shape index (κ3) is 11.5. The van der Waals surface area contributed by atoms with Gasteiger partial charge in [0.05, 0.1) is 0 Å². The van der Waals surface area contributed by atoms with Crippen LogP contribution >= 0.6 is 0 Å². The zero-order valence-corrected chi connectivity index (χ0v) is 12.7. The van der Waals surface area contributed by atoms with Crippen LogP contribution in [0.25, 0.3) is 0 Å². The molecule has 2 N–H and O–H groups in total. The molecule has 0 heterocycles. The van der Waals surface area contributed by atoms with E-state index >= 15 is 0 Å². The van der Waals surface area contributed by atoms with E-state index in [4.69, 9.17) is 10.6 Å². The first kappa shape index (κ1) is 17.7. The summed E-state index contributed by atoms with van der Waals surface area (Å²) in [6.45, 7) is 7.61. The Morgan fingerprint density at radius 3 is 2.47 bits per heavy atom. The van der Waals surface area contributed by atoms with Crippen molar-refractivity contribution >= 4 is 6.09 Å². The van der Waals surface area contributed by atoms with Gasteiger partial charge < -0.3 is 4.74 Å². The summed E-state index contributed by atoms with van der Waals surface area (Å²) in [6, 6.07) is 0. The van der Waals surface area contributed by atoms with Gasteiger partial charge in [-0.05, 0) is 39.7 Å². The number of carbonyl (C=O) groups is 1. The summed E-state index contributed by atoms with van der Waals surface area (Å²) in [6.07, 6.45) is 12.7. The first-order valence-electron chi connectivity index (χ1n) is 6.97. The topological polar surface area (TPSA) is 55.6 Å². The number of hydrazine groups is 1. The van der Waals surface area contributed by atoms with E-state index in [1.807, 2.05) is 6.08 Å². The predicted molar refractivity (Wildman–Crippen MR) is 79.3 cm³/mol. The molecule has 0 bridgehead atoms. The second kappa shape index (κ2) is 9.62. The summed E-state index contributed by atoms with van der Waals surface area (Å²) in [5, 5.41) is 0.951. The van der Waals surface area contributed by atoms with Crippen LogP contribution in [-0.2, 0) is 4.74 Å². The van der Waals surface area contributed by atoms with Gasteiger partial charge >= 0.3 is 6.09 Å². The lowest BCUT2D eigenvalue weighted by atomic mass is 10.1. The molecule has 0 aromatic rings. The molecule has 1 amide bonds. The Morgan fingerprint density at radius 1 is 1.21 bits per heavy atom. The second-order valence-corrected chi connectivity index (χ2v) is 5.51. The molecule has 110 valence electrons. The summed E-state index contributed by atoms with van der Waals surface area (Å²) in [5.41, 5.74) is -0.530. The lowest BCUT2D eigenvalue weighted by molar-refractivity contribution is 0.0334. The van der Waals surface area contributed by atoms with Crippen LogP contribution in [0.3, 0.4) is 0 Å². The Kier molecular flexibility index (Phi) is 8.96. The van der Waals surface area contributed by atoms with E-state index in [1.165, 1.54) is 31.9 Å². The summed E-state index contributed by atoms with van der Waals surface area (Å²) < 4.78 is 5.11. The third-order valence-electron chi connectivity index (χ3n) is 2.32. The SMILES string of the molecule is CCCCCC/C=C/C=C/N(N)C(=O)OC(C)(C)C.